The third-order valence-corrected chi connectivity index (χ3v) is 2.14. The second-order valence-electron chi connectivity index (χ2n) is 3.47. The standard InChI is InChI=1S/C13H13NO4/c15-8-4-3-6-10-5-1-2-7-11(10)13(18)14-9-12(16)17/h1-3,5-8H,4,9H2,(H,14,18)(H,16,17). The Hall–Kier alpha value is -2.43. The van der Waals surface area contributed by atoms with Gasteiger partial charge in [0.05, 0.1) is 0 Å². The van der Waals surface area contributed by atoms with E-state index in [1.807, 2.05) is 0 Å². The quantitative estimate of drug-likeness (QED) is 0.737. The molecule has 0 aliphatic carbocycles. The first-order valence-corrected chi connectivity index (χ1v) is 5.34. The van der Waals surface area contributed by atoms with Crippen LogP contribution in [0.25, 0.3) is 6.08 Å². The van der Waals surface area contributed by atoms with Gasteiger partial charge in [0.2, 0.25) is 0 Å². The second-order valence-corrected chi connectivity index (χ2v) is 3.47. The first-order chi connectivity index (χ1) is 8.65. The lowest BCUT2D eigenvalue weighted by molar-refractivity contribution is -0.135. The number of nitrogens with one attached hydrogen (secondary N) is 1. The summed E-state index contributed by atoms with van der Waals surface area (Å²) in [6, 6.07) is 6.76. The maximum atomic E-state index is 11.7. The van der Waals surface area contributed by atoms with Crippen molar-refractivity contribution in [1.29, 1.82) is 0 Å². The lowest BCUT2D eigenvalue weighted by atomic mass is 10.1. The van der Waals surface area contributed by atoms with Crippen LogP contribution in [0.5, 0.6) is 0 Å². The molecule has 0 heterocycles. The molecule has 0 aliphatic heterocycles. The number of carbonyl (C=O) groups is 3. The lowest BCUT2D eigenvalue weighted by Crippen LogP contribution is -2.29. The van der Waals surface area contributed by atoms with Crippen LogP contribution in [0.4, 0.5) is 0 Å². The fourth-order valence-electron chi connectivity index (χ4n) is 1.35. The summed E-state index contributed by atoms with van der Waals surface area (Å²) in [5.74, 6) is -1.55. The van der Waals surface area contributed by atoms with Crippen molar-refractivity contribution in [3.63, 3.8) is 0 Å². The minimum absolute atomic E-state index is 0.269. The average molecular weight is 247 g/mol. The van der Waals surface area contributed by atoms with Crippen LogP contribution in [0.3, 0.4) is 0 Å². The van der Waals surface area contributed by atoms with Crippen LogP contribution in [-0.4, -0.2) is 29.8 Å². The molecule has 1 amide bonds. The number of hydrogen-bond donors (Lipinski definition) is 2. The Morgan fingerprint density at radius 2 is 2.00 bits per heavy atom. The number of amides is 1. The molecule has 0 aromatic heterocycles. The number of aliphatic carboxylic acids is 1. The first-order valence-electron chi connectivity index (χ1n) is 5.34. The second kappa shape index (κ2) is 7.01. The zero-order valence-electron chi connectivity index (χ0n) is 9.63. The van der Waals surface area contributed by atoms with E-state index in [0.29, 0.717) is 11.1 Å². The summed E-state index contributed by atoms with van der Waals surface area (Å²) in [6.07, 6.45) is 4.31. The third-order valence-electron chi connectivity index (χ3n) is 2.14. The van der Waals surface area contributed by atoms with E-state index in [4.69, 9.17) is 5.11 Å². The smallest absolute Gasteiger partial charge is 0.322 e. The van der Waals surface area contributed by atoms with E-state index < -0.39 is 18.4 Å². The topological polar surface area (TPSA) is 83.5 Å². The molecular formula is C13H13NO4. The highest BCUT2D eigenvalue weighted by Crippen LogP contribution is 2.10. The summed E-state index contributed by atoms with van der Waals surface area (Å²) >= 11 is 0. The third kappa shape index (κ3) is 4.21. The van der Waals surface area contributed by atoms with E-state index in [1.165, 1.54) is 0 Å². The fraction of sp³-hybridized carbons (Fsp3) is 0.154. The zero-order valence-corrected chi connectivity index (χ0v) is 9.63. The minimum Gasteiger partial charge on any atom is -0.480 e. The normalized spacial score (nSPS) is 10.2. The maximum Gasteiger partial charge on any atom is 0.322 e. The Morgan fingerprint density at radius 3 is 2.67 bits per heavy atom. The van der Waals surface area contributed by atoms with Gasteiger partial charge in [-0.05, 0) is 11.6 Å². The van der Waals surface area contributed by atoms with Crippen LogP contribution in [0.1, 0.15) is 22.3 Å². The van der Waals surface area contributed by atoms with Crippen LogP contribution < -0.4 is 5.32 Å². The van der Waals surface area contributed by atoms with E-state index in [9.17, 15) is 14.4 Å². The molecule has 5 nitrogen and oxygen atoms in total. The molecular weight excluding hydrogens is 234 g/mol. The number of hydrogen-bond acceptors (Lipinski definition) is 3. The molecule has 0 fully saturated rings. The number of aldehydes is 1. The van der Waals surface area contributed by atoms with Crippen molar-refractivity contribution in [1.82, 2.24) is 5.32 Å². The zero-order chi connectivity index (χ0) is 13.4. The van der Waals surface area contributed by atoms with Crippen molar-refractivity contribution in [2.45, 2.75) is 6.42 Å². The van der Waals surface area contributed by atoms with E-state index >= 15 is 0 Å². The highest BCUT2D eigenvalue weighted by Gasteiger charge is 2.09. The number of carbonyl (C=O) groups excluding carboxylic acids is 2. The molecule has 18 heavy (non-hydrogen) atoms. The van der Waals surface area contributed by atoms with Crippen molar-refractivity contribution in [3.05, 3.63) is 41.5 Å². The van der Waals surface area contributed by atoms with E-state index in [1.54, 1.807) is 36.4 Å². The van der Waals surface area contributed by atoms with Crippen molar-refractivity contribution in [2.24, 2.45) is 0 Å². The molecule has 1 aromatic rings. The highest BCUT2D eigenvalue weighted by atomic mass is 16.4. The van der Waals surface area contributed by atoms with Gasteiger partial charge in [-0.1, -0.05) is 30.4 Å². The predicted octanol–water partition coefficient (Wildman–Crippen LogP) is 1.10. The SMILES string of the molecule is O=CCC=Cc1ccccc1C(=O)NCC(=O)O. The summed E-state index contributed by atoms with van der Waals surface area (Å²) in [4.78, 5) is 32.3. The molecule has 1 aromatic carbocycles. The Bertz CT molecular complexity index is 480. The van der Waals surface area contributed by atoms with Gasteiger partial charge in [0.25, 0.3) is 5.91 Å². The van der Waals surface area contributed by atoms with Crippen molar-refractivity contribution in [2.75, 3.05) is 6.54 Å². The number of carboxylic acids is 1. The molecule has 1 rings (SSSR count). The molecule has 0 bridgehead atoms. The molecule has 0 radical (unpaired) electrons. The molecule has 2 N–H and O–H groups in total. The van der Waals surface area contributed by atoms with Gasteiger partial charge < -0.3 is 15.2 Å². The summed E-state index contributed by atoms with van der Waals surface area (Å²) in [7, 11) is 0. The largest absolute Gasteiger partial charge is 0.480 e. The number of benzene rings is 1. The molecule has 0 unspecified atom stereocenters. The van der Waals surface area contributed by atoms with Crippen molar-refractivity contribution < 1.29 is 19.5 Å². The number of carboxylic acid groups (broad SMARTS) is 1. The Kier molecular flexibility index (Phi) is 5.31. The van der Waals surface area contributed by atoms with Crippen LogP contribution >= 0.6 is 0 Å². The van der Waals surface area contributed by atoms with Gasteiger partial charge in [0.1, 0.15) is 12.8 Å². The number of allylic oxidation sites excluding steroid dienone is 1. The molecule has 94 valence electrons. The fourth-order valence-corrected chi connectivity index (χ4v) is 1.35. The molecule has 0 atom stereocenters. The Morgan fingerprint density at radius 1 is 1.28 bits per heavy atom. The van der Waals surface area contributed by atoms with Crippen LogP contribution in [0, 0.1) is 0 Å². The average Bonchev–Trinajstić information content (AvgIpc) is 2.37. The van der Waals surface area contributed by atoms with Gasteiger partial charge in [-0.25, -0.2) is 0 Å². The van der Waals surface area contributed by atoms with Gasteiger partial charge in [0.15, 0.2) is 0 Å². The van der Waals surface area contributed by atoms with Crippen LogP contribution in [0.2, 0.25) is 0 Å². The predicted molar refractivity (Wildman–Crippen MR) is 66.1 cm³/mol. The summed E-state index contributed by atoms with van der Waals surface area (Å²) in [5, 5.41) is 10.8. The lowest BCUT2D eigenvalue weighted by Gasteiger charge is -2.05. The van der Waals surface area contributed by atoms with Gasteiger partial charge >= 0.3 is 5.97 Å². The molecule has 0 saturated heterocycles. The first kappa shape index (κ1) is 13.6. The van der Waals surface area contributed by atoms with Gasteiger partial charge in [-0.3, -0.25) is 9.59 Å². The van der Waals surface area contributed by atoms with E-state index in [0.717, 1.165) is 6.29 Å². The molecule has 0 aliphatic rings. The molecule has 5 heteroatoms. The minimum atomic E-state index is -1.10. The summed E-state index contributed by atoms with van der Waals surface area (Å²) < 4.78 is 0. The van der Waals surface area contributed by atoms with E-state index in [-0.39, 0.29) is 6.42 Å². The monoisotopic (exact) mass is 247 g/mol. The van der Waals surface area contributed by atoms with Crippen LogP contribution in [0.15, 0.2) is 30.3 Å². The van der Waals surface area contributed by atoms with Crippen molar-refractivity contribution in [3.8, 4) is 0 Å². The molecule has 0 saturated carbocycles. The summed E-state index contributed by atoms with van der Waals surface area (Å²) in [6.45, 7) is -0.425. The maximum absolute atomic E-state index is 11.7. The van der Waals surface area contributed by atoms with Gasteiger partial charge in [-0.15, -0.1) is 0 Å². The highest BCUT2D eigenvalue weighted by molar-refractivity contribution is 5.99. The Balaban J connectivity index is 2.83. The Labute approximate surface area is 104 Å². The van der Waals surface area contributed by atoms with Gasteiger partial charge in [0, 0.05) is 12.0 Å². The summed E-state index contributed by atoms with van der Waals surface area (Å²) in [5.41, 5.74) is 1.02. The number of rotatable bonds is 6. The van der Waals surface area contributed by atoms with Crippen LogP contribution in [-0.2, 0) is 9.59 Å². The van der Waals surface area contributed by atoms with E-state index in [2.05, 4.69) is 5.32 Å². The molecule has 0 spiro atoms. The van der Waals surface area contributed by atoms with Crippen molar-refractivity contribution >= 4 is 24.2 Å². The van der Waals surface area contributed by atoms with Gasteiger partial charge in [-0.2, -0.15) is 0 Å².